The molecule has 0 aromatic heterocycles. The third kappa shape index (κ3) is 2.53. The predicted octanol–water partition coefficient (Wildman–Crippen LogP) is 1.81. The van der Waals surface area contributed by atoms with Gasteiger partial charge in [-0.3, -0.25) is 4.79 Å². The number of hydrogen-bond donors (Lipinski definition) is 0. The van der Waals surface area contributed by atoms with E-state index in [1.807, 2.05) is 33.8 Å². The Kier molecular flexibility index (Phi) is 3.45. The Bertz CT molecular complexity index is 480. The van der Waals surface area contributed by atoms with Crippen LogP contribution in [0.5, 0.6) is 5.75 Å². The topological polar surface area (TPSA) is 44.8 Å². The number of carbonyl (C=O) groups is 1. The van der Waals surface area contributed by atoms with Crippen molar-refractivity contribution in [3.8, 4) is 5.75 Å². The molecule has 1 aromatic rings. The number of ether oxygens (including phenoxy) is 1. The average Bonchev–Trinajstić information content (AvgIpc) is 2.58. The van der Waals surface area contributed by atoms with Crippen molar-refractivity contribution in [2.24, 2.45) is 0 Å². The lowest BCUT2D eigenvalue weighted by Gasteiger charge is -2.32. The molecule has 1 aliphatic heterocycles. The predicted molar refractivity (Wildman–Crippen MR) is 74.1 cm³/mol. The van der Waals surface area contributed by atoms with Gasteiger partial charge in [-0.05, 0) is 45.3 Å². The molecule has 4 nitrogen and oxygen atoms in total. The van der Waals surface area contributed by atoms with E-state index in [1.165, 1.54) is 0 Å². The van der Waals surface area contributed by atoms with Crippen LogP contribution in [0.2, 0.25) is 0 Å². The van der Waals surface area contributed by atoms with E-state index in [0.717, 1.165) is 11.7 Å². The van der Waals surface area contributed by atoms with Gasteiger partial charge in [-0.25, -0.2) is 0 Å². The summed E-state index contributed by atoms with van der Waals surface area (Å²) in [5.74, 6) is 0.620. The molecule has 0 atom stereocenters. The SMILES string of the molecule is COc1cc(C=O)cc(B2OC(C)(C)C(C)(C)O2)c1. The van der Waals surface area contributed by atoms with Gasteiger partial charge in [0, 0.05) is 5.56 Å². The molecule has 0 bridgehead atoms. The van der Waals surface area contributed by atoms with Gasteiger partial charge in [0.05, 0.1) is 18.3 Å². The molecule has 102 valence electrons. The Labute approximate surface area is 114 Å². The van der Waals surface area contributed by atoms with Crippen LogP contribution in [-0.2, 0) is 9.31 Å². The molecule has 1 aromatic carbocycles. The fraction of sp³-hybridized carbons (Fsp3) is 0.500. The summed E-state index contributed by atoms with van der Waals surface area (Å²) in [6.45, 7) is 7.98. The minimum atomic E-state index is -0.487. The molecule has 0 radical (unpaired) electrons. The van der Waals surface area contributed by atoms with Crippen molar-refractivity contribution in [1.82, 2.24) is 0 Å². The maximum absolute atomic E-state index is 11.0. The van der Waals surface area contributed by atoms with E-state index in [2.05, 4.69) is 0 Å². The fourth-order valence-electron chi connectivity index (χ4n) is 1.95. The summed E-state index contributed by atoms with van der Waals surface area (Å²) in [5, 5.41) is 0. The second kappa shape index (κ2) is 4.65. The Morgan fingerprint density at radius 1 is 1.11 bits per heavy atom. The number of methoxy groups -OCH3 is 1. The summed E-state index contributed by atoms with van der Waals surface area (Å²) in [5.41, 5.74) is 0.536. The minimum absolute atomic E-state index is 0.401. The van der Waals surface area contributed by atoms with Crippen molar-refractivity contribution in [1.29, 1.82) is 0 Å². The minimum Gasteiger partial charge on any atom is -0.497 e. The molecule has 0 N–H and O–H groups in total. The van der Waals surface area contributed by atoms with Crippen molar-refractivity contribution in [2.75, 3.05) is 7.11 Å². The highest BCUT2D eigenvalue weighted by atomic mass is 16.7. The first-order valence-electron chi connectivity index (χ1n) is 6.29. The molecule has 1 saturated heterocycles. The Hall–Kier alpha value is -1.33. The monoisotopic (exact) mass is 262 g/mol. The summed E-state index contributed by atoms with van der Waals surface area (Å²) in [4.78, 5) is 11.0. The van der Waals surface area contributed by atoms with E-state index < -0.39 is 18.3 Å². The molecule has 1 heterocycles. The van der Waals surface area contributed by atoms with E-state index in [9.17, 15) is 4.79 Å². The normalized spacial score (nSPS) is 20.4. The summed E-state index contributed by atoms with van der Waals surface area (Å²) < 4.78 is 17.1. The van der Waals surface area contributed by atoms with Crippen molar-refractivity contribution in [3.05, 3.63) is 23.8 Å². The van der Waals surface area contributed by atoms with Gasteiger partial charge in [-0.1, -0.05) is 6.07 Å². The molecule has 2 rings (SSSR count). The van der Waals surface area contributed by atoms with Gasteiger partial charge in [0.15, 0.2) is 0 Å². The maximum atomic E-state index is 11.0. The number of carbonyl (C=O) groups excluding carboxylic acids is 1. The van der Waals surface area contributed by atoms with Gasteiger partial charge < -0.3 is 14.0 Å². The van der Waals surface area contributed by atoms with E-state index in [4.69, 9.17) is 14.0 Å². The van der Waals surface area contributed by atoms with Crippen molar-refractivity contribution in [3.63, 3.8) is 0 Å². The molecular weight excluding hydrogens is 243 g/mol. The molecule has 0 amide bonds. The van der Waals surface area contributed by atoms with Crippen LogP contribution < -0.4 is 10.2 Å². The van der Waals surface area contributed by atoms with Crippen LogP contribution in [-0.4, -0.2) is 31.7 Å². The van der Waals surface area contributed by atoms with Crippen LogP contribution in [0.4, 0.5) is 0 Å². The summed E-state index contributed by atoms with van der Waals surface area (Å²) >= 11 is 0. The number of hydrogen-bond acceptors (Lipinski definition) is 4. The smallest absolute Gasteiger partial charge is 0.494 e. The second-order valence-corrected chi connectivity index (χ2v) is 5.75. The second-order valence-electron chi connectivity index (χ2n) is 5.75. The lowest BCUT2D eigenvalue weighted by Crippen LogP contribution is -2.41. The van der Waals surface area contributed by atoms with Crippen LogP contribution in [0, 0.1) is 0 Å². The summed E-state index contributed by atoms with van der Waals surface area (Å²) in [7, 11) is 1.08. The van der Waals surface area contributed by atoms with Crippen LogP contribution in [0.1, 0.15) is 38.1 Å². The third-order valence-electron chi connectivity index (χ3n) is 3.85. The maximum Gasteiger partial charge on any atom is 0.494 e. The zero-order chi connectivity index (χ0) is 14.3. The van der Waals surface area contributed by atoms with Crippen LogP contribution >= 0.6 is 0 Å². The number of benzene rings is 1. The lowest BCUT2D eigenvalue weighted by atomic mass is 9.78. The quantitative estimate of drug-likeness (QED) is 0.615. The third-order valence-corrected chi connectivity index (χ3v) is 3.85. The molecule has 1 fully saturated rings. The Balaban J connectivity index is 2.36. The van der Waals surface area contributed by atoms with Gasteiger partial charge in [-0.15, -0.1) is 0 Å². The van der Waals surface area contributed by atoms with Crippen molar-refractivity contribution < 1.29 is 18.8 Å². The zero-order valence-electron chi connectivity index (χ0n) is 12.0. The zero-order valence-corrected chi connectivity index (χ0v) is 12.0. The van der Waals surface area contributed by atoms with Crippen LogP contribution in [0.25, 0.3) is 0 Å². The van der Waals surface area contributed by atoms with Crippen LogP contribution in [0.15, 0.2) is 18.2 Å². The van der Waals surface area contributed by atoms with Gasteiger partial charge >= 0.3 is 7.12 Å². The first-order valence-corrected chi connectivity index (χ1v) is 6.29. The van der Waals surface area contributed by atoms with Gasteiger partial charge in [0.25, 0.3) is 0 Å². The summed E-state index contributed by atoms with van der Waals surface area (Å²) in [6, 6.07) is 5.27. The standard InChI is InChI=1S/C14H19BO4/c1-13(2)14(3,4)19-15(18-13)11-6-10(9-16)7-12(8-11)17-5/h6-9H,1-5H3. The van der Waals surface area contributed by atoms with E-state index in [1.54, 1.807) is 19.2 Å². The Morgan fingerprint density at radius 2 is 1.68 bits per heavy atom. The Morgan fingerprint density at radius 3 is 2.16 bits per heavy atom. The molecule has 5 heteroatoms. The highest BCUT2D eigenvalue weighted by Gasteiger charge is 2.51. The highest BCUT2D eigenvalue weighted by molar-refractivity contribution is 6.62. The first-order chi connectivity index (χ1) is 8.79. The molecule has 19 heavy (non-hydrogen) atoms. The molecular formula is C14H19BO4. The molecule has 0 unspecified atom stereocenters. The molecule has 1 aliphatic rings. The van der Waals surface area contributed by atoms with Gasteiger partial charge in [0.2, 0.25) is 0 Å². The summed E-state index contributed by atoms with van der Waals surface area (Å²) in [6.07, 6.45) is 0.789. The molecule has 0 aliphatic carbocycles. The highest BCUT2D eigenvalue weighted by Crippen LogP contribution is 2.36. The average molecular weight is 262 g/mol. The number of rotatable bonds is 3. The van der Waals surface area contributed by atoms with E-state index >= 15 is 0 Å². The first kappa shape index (κ1) is 14.1. The largest absolute Gasteiger partial charge is 0.497 e. The van der Waals surface area contributed by atoms with E-state index in [-0.39, 0.29) is 0 Å². The molecule has 0 saturated carbocycles. The molecule has 0 spiro atoms. The fourth-order valence-corrected chi connectivity index (χ4v) is 1.95. The van der Waals surface area contributed by atoms with Gasteiger partial charge in [0.1, 0.15) is 12.0 Å². The number of aldehydes is 1. The van der Waals surface area contributed by atoms with E-state index in [0.29, 0.717) is 11.3 Å². The lowest BCUT2D eigenvalue weighted by molar-refractivity contribution is 0.00578. The van der Waals surface area contributed by atoms with Crippen molar-refractivity contribution >= 4 is 18.9 Å². The van der Waals surface area contributed by atoms with Crippen LogP contribution in [0.3, 0.4) is 0 Å². The van der Waals surface area contributed by atoms with Gasteiger partial charge in [-0.2, -0.15) is 0 Å². The van der Waals surface area contributed by atoms with Crippen molar-refractivity contribution in [2.45, 2.75) is 38.9 Å².